The van der Waals surface area contributed by atoms with E-state index in [2.05, 4.69) is 52.8 Å². The minimum Gasteiger partial charge on any atom is -0.293 e. The fraction of sp³-hybridized carbons (Fsp3) is 0.0909. The molecule has 0 unspecified atom stereocenters. The van der Waals surface area contributed by atoms with Crippen LogP contribution in [-0.4, -0.2) is 16.5 Å². The van der Waals surface area contributed by atoms with Crippen molar-refractivity contribution in [2.24, 2.45) is 0 Å². The molecular formula is C11H6Br3NOS2. The van der Waals surface area contributed by atoms with Crippen LogP contribution in [0.2, 0.25) is 0 Å². The van der Waals surface area contributed by atoms with E-state index < -0.39 is 0 Å². The largest absolute Gasteiger partial charge is 0.293 e. The van der Waals surface area contributed by atoms with Crippen molar-refractivity contribution in [3.63, 3.8) is 0 Å². The summed E-state index contributed by atoms with van der Waals surface area (Å²) < 4.78 is 2.75. The van der Waals surface area contributed by atoms with E-state index in [4.69, 9.17) is 0 Å². The third-order valence-corrected chi connectivity index (χ3v) is 5.76. The average molecular weight is 472 g/mol. The molecule has 0 aromatic carbocycles. The summed E-state index contributed by atoms with van der Waals surface area (Å²) in [6, 6.07) is 5.64. The number of carbonyl (C=O) groups excluding carboxylic acids is 1. The summed E-state index contributed by atoms with van der Waals surface area (Å²) in [4.78, 5) is 16.2. The Labute approximate surface area is 138 Å². The first-order valence-corrected chi connectivity index (χ1v) is 8.97. The Kier molecular flexibility index (Phi) is 5.44. The quantitative estimate of drug-likeness (QED) is 0.441. The highest BCUT2D eigenvalue weighted by atomic mass is 79.9. The van der Waals surface area contributed by atoms with E-state index in [1.807, 2.05) is 18.2 Å². The Bertz CT molecular complexity index is 568. The lowest BCUT2D eigenvalue weighted by molar-refractivity contribution is 0.102. The van der Waals surface area contributed by atoms with E-state index in [1.54, 1.807) is 6.20 Å². The first kappa shape index (κ1) is 14.7. The van der Waals surface area contributed by atoms with Gasteiger partial charge in [0.1, 0.15) is 0 Å². The first-order chi connectivity index (χ1) is 8.56. The monoisotopic (exact) mass is 469 g/mol. The Morgan fingerprint density at radius 3 is 2.67 bits per heavy atom. The minimum atomic E-state index is 0.0959. The smallest absolute Gasteiger partial charge is 0.175 e. The Morgan fingerprint density at radius 1 is 1.33 bits per heavy atom. The summed E-state index contributed by atoms with van der Waals surface area (Å²) in [6.45, 7) is 0. The Balaban J connectivity index is 2.00. The van der Waals surface area contributed by atoms with E-state index in [0.717, 1.165) is 22.6 Å². The van der Waals surface area contributed by atoms with Gasteiger partial charge in [0.2, 0.25) is 0 Å². The number of aromatic nitrogens is 1. The molecule has 2 aromatic heterocycles. The van der Waals surface area contributed by atoms with E-state index >= 15 is 0 Å². The number of hydrogen-bond acceptors (Lipinski definition) is 4. The number of nitrogens with zero attached hydrogens (tertiary/aromatic N) is 1. The second-order valence-electron chi connectivity index (χ2n) is 3.26. The maximum Gasteiger partial charge on any atom is 0.175 e. The van der Waals surface area contributed by atoms with Crippen LogP contribution in [0.15, 0.2) is 41.5 Å². The van der Waals surface area contributed by atoms with Crippen molar-refractivity contribution in [3.05, 3.63) is 42.0 Å². The lowest BCUT2D eigenvalue weighted by Crippen LogP contribution is -2.01. The number of rotatable bonds is 4. The SMILES string of the molecule is O=C(CSc1ccc(Br)cn1)c1cc(Br)sc1Br. The molecule has 7 heteroatoms. The molecule has 0 aliphatic heterocycles. The van der Waals surface area contributed by atoms with E-state index in [9.17, 15) is 4.79 Å². The van der Waals surface area contributed by atoms with Gasteiger partial charge in [-0.15, -0.1) is 11.3 Å². The normalized spacial score (nSPS) is 10.6. The number of thiophene rings is 1. The topological polar surface area (TPSA) is 30.0 Å². The Morgan fingerprint density at radius 2 is 2.11 bits per heavy atom. The van der Waals surface area contributed by atoms with Crippen molar-refractivity contribution >= 4 is 76.7 Å². The molecule has 0 atom stereocenters. The van der Waals surface area contributed by atoms with Gasteiger partial charge < -0.3 is 0 Å². The van der Waals surface area contributed by atoms with Gasteiger partial charge in [-0.3, -0.25) is 4.79 Å². The second-order valence-corrected chi connectivity index (χ2v) is 8.93. The number of halogens is 3. The van der Waals surface area contributed by atoms with Crippen LogP contribution in [0.4, 0.5) is 0 Å². The summed E-state index contributed by atoms with van der Waals surface area (Å²) >= 11 is 13.0. The van der Waals surface area contributed by atoms with Crippen molar-refractivity contribution in [2.45, 2.75) is 5.03 Å². The predicted octanol–water partition coefficient (Wildman–Crippen LogP) is 5.41. The van der Waals surface area contributed by atoms with Crippen LogP contribution in [0, 0.1) is 0 Å². The fourth-order valence-electron chi connectivity index (χ4n) is 1.20. The zero-order valence-electron chi connectivity index (χ0n) is 8.82. The molecule has 0 spiro atoms. The van der Waals surface area contributed by atoms with Gasteiger partial charge in [-0.2, -0.15) is 0 Å². The number of Topliss-reactive ketones (excluding diaryl/α,β-unsaturated/α-hetero) is 1. The number of hydrogen-bond donors (Lipinski definition) is 0. The predicted molar refractivity (Wildman–Crippen MR) is 86.7 cm³/mol. The molecule has 0 N–H and O–H groups in total. The summed E-state index contributed by atoms with van der Waals surface area (Å²) in [5.74, 6) is 0.481. The zero-order valence-corrected chi connectivity index (χ0v) is 15.2. The maximum absolute atomic E-state index is 12.0. The lowest BCUT2D eigenvalue weighted by Gasteiger charge is -2.00. The van der Waals surface area contributed by atoms with E-state index in [0.29, 0.717) is 5.75 Å². The van der Waals surface area contributed by atoms with Crippen LogP contribution in [0.25, 0.3) is 0 Å². The van der Waals surface area contributed by atoms with Crippen LogP contribution in [-0.2, 0) is 0 Å². The van der Waals surface area contributed by atoms with Crippen LogP contribution in [0.3, 0.4) is 0 Å². The first-order valence-electron chi connectivity index (χ1n) is 4.78. The van der Waals surface area contributed by atoms with Crippen molar-refractivity contribution < 1.29 is 4.79 Å². The molecule has 2 aromatic rings. The van der Waals surface area contributed by atoms with Gasteiger partial charge in [-0.1, -0.05) is 11.8 Å². The molecule has 2 rings (SSSR count). The number of carbonyl (C=O) groups is 1. The van der Waals surface area contributed by atoms with Crippen molar-refractivity contribution in [1.29, 1.82) is 0 Å². The van der Waals surface area contributed by atoms with Gasteiger partial charge in [0.15, 0.2) is 5.78 Å². The molecule has 0 bridgehead atoms. The van der Waals surface area contributed by atoms with Crippen LogP contribution >= 0.6 is 70.9 Å². The third-order valence-electron chi connectivity index (χ3n) is 2.01. The van der Waals surface area contributed by atoms with Crippen molar-refractivity contribution in [2.75, 3.05) is 5.75 Å². The van der Waals surface area contributed by atoms with Gasteiger partial charge in [0, 0.05) is 16.2 Å². The highest BCUT2D eigenvalue weighted by Gasteiger charge is 2.14. The molecule has 94 valence electrons. The molecule has 0 aliphatic carbocycles. The Hall–Kier alpha value is 0.310. The van der Waals surface area contributed by atoms with Crippen LogP contribution in [0.1, 0.15) is 10.4 Å². The number of thioether (sulfide) groups is 1. The second kappa shape index (κ2) is 6.65. The summed E-state index contributed by atoms with van der Waals surface area (Å²) in [6.07, 6.45) is 1.73. The van der Waals surface area contributed by atoms with Gasteiger partial charge in [-0.05, 0) is 66.0 Å². The molecular weight excluding hydrogens is 466 g/mol. The summed E-state index contributed by atoms with van der Waals surface area (Å²) in [5.41, 5.74) is 0.719. The molecule has 0 saturated heterocycles. The highest BCUT2D eigenvalue weighted by molar-refractivity contribution is 9.12. The lowest BCUT2D eigenvalue weighted by atomic mass is 10.2. The molecule has 0 radical (unpaired) electrons. The molecule has 0 saturated carbocycles. The van der Waals surface area contributed by atoms with E-state index in [-0.39, 0.29) is 5.78 Å². The standard InChI is InChI=1S/C11H6Br3NOS2/c12-6-1-2-10(15-4-6)17-5-8(16)7-3-9(13)18-11(7)14/h1-4H,5H2. The summed E-state index contributed by atoms with van der Waals surface area (Å²) in [5, 5.41) is 0.844. The molecule has 0 fully saturated rings. The molecule has 0 amide bonds. The van der Waals surface area contributed by atoms with Gasteiger partial charge >= 0.3 is 0 Å². The fourth-order valence-corrected chi connectivity index (χ4v) is 5.01. The molecule has 2 heterocycles. The molecule has 0 aliphatic rings. The molecule has 18 heavy (non-hydrogen) atoms. The van der Waals surface area contributed by atoms with Crippen molar-refractivity contribution in [3.8, 4) is 0 Å². The van der Waals surface area contributed by atoms with Gasteiger partial charge in [0.25, 0.3) is 0 Å². The van der Waals surface area contributed by atoms with E-state index in [1.165, 1.54) is 23.1 Å². The van der Waals surface area contributed by atoms with Crippen LogP contribution < -0.4 is 0 Å². The average Bonchev–Trinajstić information content (AvgIpc) is 2.67. The maximum atomic E-state index is 12.0. The van der Waals surface area contributed by atoms with Gasteiger partial charge in [0.05, 0.1) is 18.4 Å². The van der Waals surface area contributed by atoms with Crippen LogP contribution in [0.5, 0.6) is 0 Å². The zero-order chi connectivity index (χ0) is 13.1. The third kappa shape index (κ3) is 3.90. The summed E-state index contributed by atoms with van der Waals surface area (Å²) in [7, 11) is 0. The van der Waals surface area contributed by atoms with Gasteiger partial charge in [-0.25, -0.2) is 4.98 Å². The minimum absolute atomic E-state index is 0.0959. The number of ketones is 1. The molecule has 2 nitrogen and oxygen atoms in total. The highest BCUT2D eigenvalue weighted by Crippen LogP contribution is 2.33. The van der Waals surface area contributed by atoms with Crippen molar-refractivity contribution in [1.82, 2.24) is 4.98 Å². The number of pyridine rings is 1.